The van der Waals surface area contributed by atoms with Gasteiger partial charge < -0.3 is 0 Å². The van der Waals surface area contributed by atoms with Gasteiger partial charge in [0.25, 0.3) is 0 Å². The van der Waals surface area contributed by atoms with Crippen molar-refractivity contribution in [1.29, 1.82) is 0 Å². The van der Waals surface area contributed by atoms with Gasteiger partial charge in [0.15, 0.2) is 0 Å². The summed E-state index contributed by atoms with van der Waals surface area (Å²) in [6, 6.07) is 9.00. The standard InChI is InChI=1S/C18H22O/c1-18-11-10-14-13-5-3-2-4-12(13)6-7-15(14)16(18)8-9-17(18)19/h2-5,14-16H,6-11H2,1H3/t14?,15?,16?,18-/m0/s1. The number of aryl methyl sites for hydroxylation is 1. The molecule has 1 heteroatoms. The molecule has 0 aromatic heterocycles. The third kappa shape index (κ3) is 1.50. The van der Waals surface area contributed by atoms with Gasteiger partial charge >= 0.3 is 0 Å². The van der Waals surface area contributed by atoms with Crippen molar-refractivity contribution < 1.29 is 4.79 Å². The second-order valence-electron chi connectivity index (χ2n) is 7.03. The van der Waals surface area contributed by atoms with Crippen molar-refractivity contribution in [2.75, 3.05) is 0 Å². The predicted octanol–water partition coefficient (Wildman–Crippen LogP) is 4.11. The van der Waals surface area contributed by atoms with Gasteiger partial charge in [-0.1, -0.05) is 31.2 Å². The van der Waals surface area contributed by atoms with E-state index < -0.39 is 0 Å². The molecule has 0 amide bonds. The predicted molar refractivity (Wildman–Crippen MR) is 76.1 cm³/mol. The quantitative estimate of drug-likeness (QED) is 0.681. The van der Waals surface area contributed by atoms with Gasteiger partial charge in [-0.3, -0.25) is 4.79 Å². The van der Waals surface area contributed by atoms with Gasteiger partial charge in [0, 0.05) is 11.8 Å². The van der Waals surface area contributed by atoms with E-state index in [1.807, 2.05) is 0 Å². The van der Waals surface area contributed by atoms with Gasteiger partial charge in [0.05, 0.1) is 0 Å². The molecule has 3 aliphatic carbocycles. The maximum Gasteiger partial charge on any atom is 0.139 e. The minimum absolute atomic E-state index is 0.0213. The monoisotopic (exact) mass is 254 g/mol. The molecule has 1 aromatic carbocycles. The highest BCUT2D eigenvalue weighted by molar-refractivity contribution is 5.87. The summed E-state index contributed by atoms with van der Waals surface area (Å²) in [6.45, 7) is 2.25. The molecule has 0 aliphatic heterocycles. The van der Waals surface area contributed by atoms with Crippen LogP contribution in [0.4, 0.5) is 0 Å². The van der Waals surface area contributed by atoms with Gasteiger partial charge in [-0.2, -0.15) is 0 Å². The fourth-order valence-electron chi connectivity index (χ4n) is 5.29. The number of Topliss-reactive ketones (excluding diaryl/α,β-unsaturated/α-hetero) is 1. The largest absolute Gasteiger partial charge is 0.299 e. The molecule has 0 spiro atoms. The Hall–Kier alpha value is -1.11. The number of hydrogen-bond acceptors (Lipinski definition) is 1. The second kappa shape index (κ2) is 3.94. The molecule has 0 saturated heterocycles. The summed E-state index contributed by atoms with van der Waals surface area (Å²) in [4.78, 5) is 12.3. The maximum atomic E-state index is 12.3. The van der Waals surface area contributed by atoms with Crippen LogP contribution in [0.2, 0.25) is 0 Å². The lowest BCUT2D eigenvalue weighted by atomic mass is 9.55. The molecule has 2 saturated carbocycles. The zero-order valence-electron chi connectivity index (χ0n) is 11.7. The first-order valence-electron chi connectivity index (χ1n) is 7.81. The van der Waals surface area contributed by atoms with Gasteiger partial charge in [-0.15, -0.1) is 0 Å². The fraction of sp³-hybridized carbons (Fsp3) is 0.611. The Morgan fingerprint density at radius 1 is 1.11 bits per heavy atom. The highest BCUT2D eigenvalue weighted by Gasteiger charge is 2.54. The van der Waals surface area contributed by atoms with E-state index in [4.69, 9.17) is 0 Å². The molecule has 0 radical (unpaired) electrons. The zero-order valence-corrected chi connectivity index (χ0v) is 11.7. The van der Waals surface area contributed by atoms with Crippen molar-refractivity contribution in [3.05, 3.63) is 35.4 Å². The number of fused-ring (bicyclic) bond motifs is 5. The van der Waals surface area contributed by atoms with Crippen molar-refractivity contribution in [2.45, 2.75) is 51.4 Å². The highest BCUT2D eigenvalue weighted by atomic mass is 16.1. The molecule has 19 heavy (non-hydrogen) atoms. The molecule has 100 valence electrons. The Morgan fingerprint density at radius 3 is 2.84 bits per heavy atom. The number of benzene rings is 1. The summed E-state index contributed by atoms with van der Waals surface area (Å²) in [5.74, 6) is 2.70. The van der Waals surface area contributed by atoms with E-state index in [1.165, 1.54) is 19.3 Å². The van der Waals surface area contributed by atoms with Crippen LogP contribution in [0.15, 0.2) is 24.3 Å². The third-order valence-electron chi connectivity index (χ3n) is 6.35. The maximum absolute atomic E-state index is 12.3. The van der Waals surface area contributed by atoms with E-state index in [0.717, 1.165) is 31.1 Å². The lowest BCUT2D eigenvalue weighted by molar-refractivity contribution is -0.129. The number of carbonyl (C=O) groups is 1. The molecular formula is C18H22O. The van der Waals surface area contributed by atoms with Gasteiger partial charge in [0.1, 0.15) is 5.78 Å². The third-order valence-corrected chi connectivity index (χ3v) is 6.35. The Morgan fingerprint density at radius 2 is 1.95 bits per heavy atom. The number of rotatable bonds is 0. The molecule has 1 aromatic rings. The minimum Gasteiger partial charge on any atom is -0.299 e. The van der Waals surface area contributed by atoms with Crippen LogP contribution in [0.3, 0.4) is 0 Å². The van der Waals surface area contributed by atoms with Crippen LogP contribution in [-0.4, -0.2) is 5.78 Å². The van der Waals surface area contributed by atoms with E-state index >= 15 is 0 Å². The van der Waals surface area contributed by atoms with Crippen molar-refractivity contribution in [1.82, 2.24) is 0 Å². The molecular weight excluding hydrogens is 232 g/mol. The van der Waals surface area contributed by atoms with Crippen molar-refractivity contribution in [3.63, 3.8) is 0 Å². The van der Waals surface area contributed by atoms with Crippen LogP contribution in [0.5, 0.6) is 0 Å². The first-order chi connectivity index (χ1) is 9.20. The second-order valence-corrected chi connectivity index (χ2v) is 7.03. The zero-order chi connectivity index (χ0) is 13.0. The molecule has 0 N–H and O–H groups in total. The average molecular weight is 254 g/mol. The number of hydrogen-bond donors (Lipinski definition) is 0. The fourth-order valence-corrected chi connectivity index (χ4v) is 5.29. The van der Waals surface area contributed by atoms with Crippen LogP contribution in [0.25, 0.3) is 0 Å². The summed E-state index contributed by atoms with van der Waals surface area (Å²) in [6.07, 6.45) is 6.85. The first-order valence-corrected chi connectivity index (χ1v) is 7.81. The molecule has 2 fully saturated rings. The van der Waals surface area contributed by atoms with Crippen LogP contribution in [0.1, 0.15) is 56.1 Å². The Labute approximate surface area is 115 Å². The molecule has 3 aliphatic rings. The smallest absolute Gasteiger partial charge is 0.139 e. The summed E-state index contributed by atoms with van der Waals surface area (Å²) in [7, 11) is 0. The van der Waals surface area contributed by atoms with Crippen LogP contribution >= 0.6 is 0 Å². The summed E-state index contributed by atoms with van der Waals surface area (Å²) in [5.41, 5.74) is 3.19. The van der Waals surface area contributed by atoms with Gasteiger partial charge in [-0.05, 0) is 61.0 Å². The van der Waals surface area contributed by atoms with Crippen molar-refractivity contribution >= 4 is 5.78 Å². The van der Waals surface area contributed by atoms with Crippen LogP contribution in [0, 0.1) is 17.3 Å². The molecule has 3 unspecified atom stereocenters. The van der Waals surface area contributed by atoms with Crippen molar-refractivity contribution in [2.24, 2.45) is 17.3 Å². The van der Waals surface area contributed by atoms with E-state index in [0.29, 0.717) is 11.7 Å². The lowest BCUT2D eigenvalue weighted by Crippen LogP contribution is -2.42. The van der Waals surface area contributed by atoms with Gasteiger partial charge in [0.2, 0.25) is 0 Å². The van der Waals surface area contributed by atoms with E-state index in [9.17, 15) is 4.79 Å². The summed E-state index contributed by atoms with van der Waals surface area (Å²) < 4.78 is 0. The highest BCUT2D eigenvalue weighted by Crippen LogP contribution is 2.59. The van der Waals surface area contributed by atoms with Crippen LogP contribution < -0.4 is 0 Å². The molecule has 0 bridgehead atoms. The van der Waals surface area contributed by atoms with E-state index in [2.05, 4.69) is 31.2 Å². The Kier molecular flexibility index (Phi) is 2.43. The molecule has 4 rings (SSSR count). The van der Waals surface area contributed by atoms with Crippen molar-refractivity contribution in [3.8, 4) is 0 Å². The summed E-state index contributed by atoms with van der Waals surface area (Å²) in [5, 5.41) is 0. The van der Waals surface area contributed by atoms with E-state index in [-0.39, 0.29) is 5.41 Å². The Balaban J connectivity index is 1.74. The number of carbonyl (C=O) groups excluding carboxylic acids is 1. The SMILES string of the molecule is C[C@]12CCC3c4ccccc4CCC3C1CCC2=O. The first kappa shape index (κ1) is 11.7. The molecule has 1 nitrogen and oxygen atoms in total. The van der Waals surface area contributed by atoms with Gasteiger partial charge in [-0.25, -0.2) is 0 Å². The average Bonchev–Trinajstić information content (AvgIpc) is 2.75. The van der Waals surface area contributed by atoms with Crippen LogP contribution in [-0.2, 0) is 11.2 Å². The summed E-state index contributed by atoms with van der Waals surface area (Å²) >= 11 is 0. The number of ketones is 1. The normalized spacial score (nSPS) is 40.5. The Bertz CT molecular complexity index is 532. The minimum atomic E-state index is 0.0213. The molecule has 0 heterocycles. The topological polar surface area (TPSA) is 17.1 Å². The lowest BCUT2D eigenvalue weighted by Gasteiger charge is -2.48. The van der Waals surface area contributed by atoms with E-state index in [1.54, 1.807) is 11.1 Å². The molecule has 4 atom stereocenters.